The van der Waals surface area contributed by atoms with Gasteiger partial charge in [-0.05, 0) is 30.3 Å². The summed E-state index contributed by atoms with van der Waals surface area (Å²) >= 11 is 3.03. The van der Waals surface area contributed by atoms with Crippen molar-refractivity contribution in [1.29, 1.82) is 0 Å². The summed E-state index contributed by atoms with van der Waals surface area (Å²) in [5.41, 5.74) is 1.47. The Morgan fingerprint density at radius 3 is 2.62 bits per heavy atom. The summed E-state index contributed by atoms with van der Waals surface area (Å²) in [6, 6.07) is 18.2. The highest BCUT2D eigenvalue weighted by molar-refractivity contribution is 7.26. The van der Waals surface area contributed by atoms with Crippen molar-refractivity contribution in [3.63, 3.8) is 0 Å². The Hall–Kier alpha value is -2.57. The lowest BCUT2D eigenvalue weighted by atomic mass is 10.2. The second kappa shape index (κ2) is 6.97. The van der Waals surface area contributed by atoms with Gasteiger partial charge in [0.2, 0.25) is 0 Å². The fourth-order valence-electron chi connectivity index (χ4n) is 2.69. The number of thiophene rings is 1. The first-order valence-corrected chi connectivity index (χ1v) is 9.70. The first-order chi connectivity index (χ1) is 12.6. The maximum atomic E-state index is 13.8. The molecule has 0 aliphatic heterocycles. The number of hydrogen-bond acceptors (Lipinski definition) is 4. The molecule has 26 heavy (non-hydrogen) atoms. The number of hydrogen-bond donors (Lipinski definition) is 0. The number of aromatic nitrogens is 1. The molecule has 0 saturated carbocycles. The molecule has 2 aromatic heterocycles. The number of halogens is 1. The largest absolute Gasteiger partial charge is 0.337 e. The first kappa shape index (κ1) is 16.9. The zero-order valence-corrected chi connectivity index (χ0v) is 15.6. The molecular formula is C20H15FN2OS2. The molecular weight excluding hydrogens is 367 g/mol. The van der Waals surface area contributed by atoms with Crippen LogP contribution >= 0.6 is 22.7 Å². The molecule has 0 N–H and O–H groups in total. The van der Waals surface area contributed by atoms with Crippen molar-refractivity contribution < 1.29 is 9.18 Å². The molecule has 4 aromatic rings. The normalized spacial score (nSPS) is 11.0. The third-order valence-corrected chi connectivity index (χ3v) is 6.31. The van der Waals surface area contributed by atoms with Gasteiger partial charge in [-0.1, -0.05) is 30.3 Å². The lowest BCUT2D eigenvalue weighted by Gasteiger charge is -2.16. The molecule has 3 nitrogen and oxygen atoms in total. The maximum Gasteiger partial charge on any atom is 0.263 e. The van der Waals surface area contributed by atoms with Crippen LogP contribution in [-0.2, 0) is 6.54 Å². The van der Waals surface area contributed by atoms with E-state index in [0.29, 0.717) is 10.4 Å². The zero-order chi connectivity index (χ0) is 18.1. The van der Waals surface area contributed by atoms with Gasteiger partial charge in [0.25, 0.3) is 5.91 Å². The molecule has 0 spiro atoms. The Bertz CT molecular complexity index is 1050. The van der Waals surface area contributed by atoms with Gasteiger partial charge in [-0.3, -0.25) is 4.79 Å². The quantitative estimate of drug-likeness (QED) is 0.471. The molecule has 0 aliphatic carbocycles. The summed E-state index contributed by atoms with van der Waals surface area (Å²) in [7, 11) is 1.69. The average molecular weight is 382 g/mol. The topological polar surface area (TPSA) is 33.2 Å². The van der Waals surface area contributed by atoms with Crippen molar-refractivity contribution in [1.82, 2.24) is 9.88 Å². The zero-order valence-electron chi connectivity index (χ0n) is 14.0. The Labute approximate surface area is 158 Å². The van der Waals surface area contributed by atoms with Crippen molar-refractivity contribution in [2.75, 3.05) is 7.05 Å². The van der Waals surface area contributed by atoms with Crippen LogP contribution < -0.4 is 0 Å². The number of amides is 1. The van der Waals surface area contributed by atoms with Gasteiger partial charge in [0.15, 0.2) is 0 Å². The molecule has 1 amide bonds. The Kier molecular flexibility index (Phi) is 4.53. The summed E-state index contributed by atoms with van der Waals surface area (Å²) in [5, 5.41) is 0.909. The van der Waals surface area contributed by atoms with Gasteiger partial charge in [0.1, 0.15) is 10.8 Å². The van der Waals surface area contributed by atoms with Gasteiger partial charge in [-0.15, -0.1) is 22.7 Å². The molecule has 0 bridgehead atoms. The summed E-state index contributed by atoms with van der Waals surface area (Å²) in [5.74, 6) is -0.417. The minimum Gasteiger partial charge on any atom is -0.337 e. The van der Waals surface area contributed by atoms with Gasteiger partial charge in [0, 0.05) is 19.2 Å². The third-order valence-electron chi connectivity index (χ3n) is 4.03. The van der Waals surface area contributed by atoms with Gasteiger partial charge in [0.05, 0.1) is 20.0 Å². The standard InChI is InChI=1S/C20H15FN2OS2/c1-23(12-13-6-2-3-7-14(13)21)20(24)18-11-10-17(25-18)19-22-15-8-4-5-9-16(15)26-19/h2-11H,12H2,1H3. The number of carbonyl (C=O) groups excluding carboxylic acids is 1. The number of carbonyl (C=O) groups is 1. The van der Waals surface area contributed by atoms with Gasteiger partial charge < -0.3 is 4.90 Å². The van der Waals surface area contributed by atoms with Crippen LogP contribution in [0.5, 0.6) is 0 Å². The average Bonchev–Trinajstić information content (AvgIpc) is 3.29. The van der Waals surface area contributed by atoms with Gasteiger partial charge in [-0.25, -0.2) is 9.37 Å². The minimum atomic E-state index is -0.298. The maximum absolute atomic E-state index is 13.8. The van der Waals surface area contributed by atoms with E-state index in [2.05, 4.69) is 4.98 Å². The van der Waals surface area contributed by atoms with Crippen LogP contribution in [-0.4, -0.2) is 22.8 Å². The molecule has 0 aliphatic rings. The van der Waals surface area contributed by atoms with Crippen LogP contribution in [0.15, 0.2) is 60.7 Å². The van der Waals surface area contributed by atoms with Crippen molar-refractivity contribution in [3.05, 3.63) is 76.9 Å². The van der Waals surface area contributed by atoms with Crippen molar-refractivity contribution in [3.8, 4) is 9.88 Å². The number of para-hydroxylation sites is 1. The van der Waals surface area contributed by atoms with E-state index >= 15 is 0 Å². The highest BCUT2D eigenvalue weighted by Crippen LogP contribution is 2.34. The second-order valence-electron chi connectivity index (χ2n) is 5.90. The van der Waals surface area contributed by atoms with E-state index in [9.17, 15) is 9.18 Å². The van der Waals surface area contributed by atoms with Crippen LogP contribution in [0.2, 0.25) is 0 Å². The lowest BCUT2D eigenvalue weighted by Crippen LogP contribution is -2.25. The number of fused-ring (bicyclic) bond motifs is 1. The number of benzene rings is 2. The molecule has 2 heterocycles. The van der Waals surface area contributed by atoms with E-state index in [-0.39, 0.29) is 18.3 Å². The molecule has 2 aromatic carbocycles. The molecule has 0 atom stereocenters. The van der Waals surface area contributed by atoms with Gasteiger partial charge >= 0.3 is 0 Å². The lowest BCUT2D eigenvalue weighted by molar-refractivity contribution is 0.0788. The van der Waals surface area contributed by atoms with Crippen LogP contribution in [0, 0.1) is 5.82 Å². The molecule has 130 valence electrons. The summed E-state index contributed by atoms with van der Waals surface area (Å²) < 4.78 is 14.9. The Morgan fingerprint density at radius 1 is 1.04 bits per heavy atom. The highest BCUT2D eigenvalue weighted by Gasteiger charge is 2.17. The molecule has 4 rings (SSSR count). The van der Waals surface area contributed by atoms with Crippen LogP contribution in [0.3, 0.4) is 0 Å². The monoisotopic (exact) mass is 382 g/mol. The van der Waals surface area contributed by atoms with E-state index in [1.54, 1.807) is 36.6 Å². The van der Waals surface area contributed by atoms with E-state index in [1.165, 1.54) is 22.3 Å². The van der Waals surface area contributed by atoms with Crippen molar-refractivity contribution in [2.24, 2.45) is 0 Å². The third kappa shape index (κ3) is 3.25. The van der Waals surface area contributed by atoms with E-state index in [0.717, 1.165) is 20.1 Å². The molecule has 0 unspecified atom stereocenters. The minimum absolute atomic E-state index is 0.120. The number of thiazole rings is 1. The van der Waals surface area contributed by atoms with Gasteiger partial charge in [-0.2, -0.15) is 0 Å². The summed E-state index contributed by atoms with van der Waals surface area (Å²) in [4.78, 5) is 20.4. The van der Waals surface area contributed by atoms with E-state index in [4.69, 9.17) is 0 Å². The molecule has 0 radical (unpaired) electrons. The Balaban J connectivity index is 1.55. The van der Waals surface area contributed by atoms with Crippen LogP contribution in [0.25, 0.3) is 20.1 Å². The van der Waals surface area contributed by atoms with Crippen molar-refractivity contribution in [2.45, 2.75) is 6.54 Å². The highest BCUT2D eigenvalue weighted by atomic mass is 32.1. The predicted molar refractivity (Wildman–Crippen MR) is 105 cm³/mol. The SMILES string of the molecule is CN(Cc1ccccc1F)C(=O)c1ccc(-c2nc3ccccc3s2)s1. The smallest absolute Gasteiger partial charge is 0.263 e. The molecule has 6 heteroatoms. The molecule has 0 fully saturated rings. The fourth-order valence-corrected chi connectivity index (χ4v) is 4.71. The fraction of sp³-hybridized carbons (Fsp3) is 0.100. The molecule has 0 saturated heterocycles. The summed E-state index contributed by atoms with van der Waals surface area (Å²) in [6.45, 7) is 0.236. The number of nitrogens with zero attached hydrogens (tertiary/aromatic N) is 2. The van der Waals surface area contributed by atoms with E-state index in [1.807, 2.05) is 36.4 Å². The number of rotatable bonds is 4. The van der Waals surface area contributed by atoms with Crippen molar-refractivity contribution >= 4 is 38.8 Å². The first-order valence-electron chi connectivity index (χ1n) is 8.06. The Morgan fingerprint density at radius 2 is 1.81 bits per heavy atom. The predicted octanol–water partition coefficient (Wildman–Crippen LogP) is 5.44. The van der Waals surface area contributed by atoms with Crippen LogP contribution in [0.1, 0.15) is 15.2 Å². The second-order valence-corrected chi connectivity index (χ2v) is 8.02. The van der Waals surface area contributed by atoms with Crippen LogP contribution in [0.4, 0.5) is 4.39 Å². The summed E-state index contributed by atoms with van der Waals surface area (Å²) in [6.07, 6.45) is 0. The van der Waals surface area contributed by atoms with E-state index < -0.39 is 0 Å².